The number of halogens is 1. The number of likely N-dealkylation sites (tertiary alicyclic amines) is 1. The summed E-state index contributed by atoms with van der Waals surface area (Å²) in [5.74, 6) is 0.726. The Morgan fingerprint density at radius 3 is 2.21 bits per heavy atom. The van der Waals surface area contributed by atoms with Crippen LogP contribution >= 0.6 is 11.6 Å². The molecule has 1 atom stereocenters. The smallest absolute Gasteiger partial charge is 0.240 e. The number of rotatable bonds is 4. The van der Waals surface area contributed by atoms with Crippen molar-refractivity contribution in [3.8, 4) is 11.1 Å². The zero-order chi connectivity index (χ0) is 16.9. The van der Waals surface area contributed by atoms with Crippen LogP contribution in [0.1, 0.15) is 25.3 Å². The third kappa shape index (κ3) is 4.18. The molecule has 0 spiro atoms. The summed E-state index contributed by atoms with van der Waals surface area (Å²) in [6.07, 6.45) is 3.22. The van der Waals surface area contributed by atoms with Crippen molar-refractivity contribution in [2.24, 2.45) is 5.92 Å². The van der Waals surface area contributed by atoms with E-state index in [0.717, 1.165) is 32.4 Å². The van der Waals surface area contributed by atoms with E-state index in [9.17, 15) is 4.79 Å². The van der Waals surface area contributed by atoms with E-state index >= 15 is 0 Å². The fraction of sp³-hybridized carbons (Fsp3) is 0.381. The van der Waals surface area contributed by atoms with Gasteiger partial charge in [0.2, 0.25) is 5.91 Å². The molecule has 126 valence electrons. The molecular formula is C21H24ClNO. The minimum absolute atomic E-state index is 0.0716. The number of carbonyl (C=O) groups excluding carboxylic acids is 1. The first-order valence-corrected chi connectivity index (χ1v) is 9.14. The van der Waals surface area contributed by atoms with Gasteiger partial charge in [-0.05, 0) is 48.8 Å². The van der Waals surface area contributed by atoms with Crippen LogP contribution in [0.3, 0.4) is 0 Å². The predicted octanol–water partition coefficient (Wildman–Crippen LogP) is 4.76. The maximum absolute atomic E-state index is 11.9. The van der Waals surface area contributed by atoms with Gasteiger partial charge in [-0.25, -0.2) is 0 Å². The minimum atomic E-state index is -0.410. The van der Waals surface area contributed by atoms with E-state index in [1.807, 2.05) is 11.0 Å². The van der Waals surface area contributed by atoms with Crippen molar-refractivity contribution in [2.75, 3.05) is 13.1 Å². The molecule has 0 unspecified atom stereocenters. The normalized spacial score (nSPS) is 16.8. The number of amides is 1. The summed E-state index contributed by atoms with van der Waals surface area (Å²) >= 11 is 5.90. The van der Waals surface area contributed by atoms with Gasteiger partial charge < -0.3 is 4.90 Å². The lowest BCUT2D eigenvalue weighted by molar-refractivity contribution is -0.131. The highest BCUT2D eigenvalue weighted by molar-refractivity contribution is 6.30. The fourth-order valence-electron chi connectivity index (χ4n) is 3.41. The third-order valence-corrected chi connectivity index (χ3v) is 5.04. The maximum Gasteiger partial charge on any atom is 0.240 e. The SMILES string of the molecule is C[C@H](Cl)C(=O)N1CCC(Cc2ccc(-c3ccccc3)cc2)CC1. The Balaban J connectivity index is 1.55. The second-order valence-electron chi connectivity index (χ2n) is 6.65. The van der Waals surface area contributed by atoms with Crippen molar-refractivity contribution >= 4 is 17.5 Å². The summed E-state index contributed by atoms with van der Waals surface area (Å²) in [4.78, 5) is 13.8. The lowest BCUT2D eigenvalue weighted by atomic mass is 9.89. The van der Waals surface area contributed by atoms with Crippen LogP contribution in [0.2, 0.25) is 0 Å². The average molecular weight is 342 g/mol. The number of hydrogen-bond donors (Lipinski definition) is 0. The van der Waals surface area contributed by atoms with Crippen LogP contribution in [0, 0.1) is 5.92 Å². The number of hydrogen-bond acceptors (Lipinski definition) is 1. The molecule has 0 aromatic heterocycles. The number of alkyl halides is 1. The molecule has 3 heteroatoms. The Hall–Kier alpha value is -1.80. The molecule has 2 aromatic carbocycles. The largest absolute Gasteiger partial charge is 0.341 e. The topological polar surface area (TPSA) is 20.3 Å². The number of carbonyl (C=O) groups is 1. The molecule has 2 aromatic rings. The van der Waals surface area contributed by atoms with E-state index < -0.39 is 5.38 Å². The monoisotopic (exact) mass is 341 g/mol. The molecule has 2 nitrogen and oxygen atoms in total. The second-order valence-corrected chi connectivity index (χ2v) is 7.31. The highest BCUT2D eigenvalue weighted by atomic mass is 35.5. The molecule has 1 heterocycles. The molecule has 0 aliphatic carbocycles. The molecule has 24 heavy (non-hydrogen) atoms. The predicted molar refractivity (Wildman–Crippen MR) is 100 cm³/mol. The number of piperidine rings is 1. The Bertz CT molecular complexity index is 658. The van der Waals surface area contributed by atoms with Crippen molar-refractivity contribution in [2.45, 2.75) is 31.6 Å². The highest BCUT2D eigenvalue weighted by Gasteiger charge is 2.25. The average Bonchev–Trinajstić information content (AvgIpc) is 2.63. The van der Waals surface area contributed by atoms with E-state index in [2.05, 4.69) is 48.5 Å². The molecule has 3 rings (SSSR count). The van der Waals surface area contributed by atoms with Gasteiger partial charge >= 0.3 is 0 Å². The number of nitrogens with zero attached hydrogens (tertiary/aromatic N) is 1. The molecule has 0 N–H and O–H groups in total. The van der Waals surface area contributed by atoms with Crippen molar-refractivity contribution < 1.29 is 4.79 Å². The molecule has 1 aliphatic rings. The van der Waals surface area contributed by atoms with Crippen LogP contribution in [0.15, 0.2) is 54.6 Å². The van der Waals surface area contributed by atoms with Gasteiger partial charge in [0.25, 0.3) is 0 Å². The zero-order valence-corrected chi connectivity index (χ0v) is 14.9. The highest BCUT2D eigenvalue weighted by Crippen LogP contribution is 2.25. The lowest BCUT2D eigenvalue weighted by Crippen LogP contribution is -2.41. The first kappa shape index (κ1) is 17.0. The summed E-state index contributed by atoms with van der Waals surface area (Å²) in [6, 6.07) is 19.3. The van der Waals surface area contributed by atoms with Gasteiger partial charge in [-0.3, -0.25) is 4.79 Å². The summed E-state index contributed by atoms with van der Waals surface area (Å²) in [5.41, 5.74) is 3.90. The van der Waals surface area contributed by atoms with E-state index in [-0.39, 0.29) is 5.91 Å². The molecule has 1 aliphatic heterocycles. The molecule has 0 radical (unpaired) electrons. The van der Waals surface area contributed by atoms with Gasteiger partial charge in [0.15, 0.2) is 0 Å². The summed E-state index contributed by atoms with van der Waals surface area (Å²) < 4.78 is 0. The first-order valence-electron chi connectivity index (χ1n) is 8.70. The Morgan fingerprint density at radius 1 is 1.04 bits per heavy atom. The van der Waals surface area contributed by atoms with E-state index in [4.69, 9.17) is 11.6 Å². The zero-order valence-electron chi connectivity index (χ0n) is 14.1. The summed E-state index contributed by atoms with van der Waals surface area (Å²) in [5, 5.41) is -0.410. The van der Waals surface area contributed by atoms with Crippen LogP contribution in [-0.4, -0.2) is 29.3 Å². The second kappa shape index (κ2) is 7.85. The van der Waals surface area contributed by atoms with E-state index in [0.29, 0.717) is 5.92 Å². The molecule has 0 bridgehead atoms. The van der Waals surface area contributed by atoms with Crippen LogP contribution in [0.4, 0.5) is 0 Å². The van der Waals surface area contributed by atoms with Gasteiger partial charge in [0, 0.05) is 13.1 Å². The van der Waals surface area contributed by atoms with Gasteiger partial charge in [-0.2, -0.15) is 0 Å². The van der Waals surface area contributed by atoms with E-state index in [1.165, 1.54) is 16.7 Å². The Morgan fingerprint density at radius 2 is 1.62 bits per heavy atom. The van der Waals surface area contributed by atoms with Crippen molar-refractivity contribution in [3.63, 3.8) is 0 Å². The van der Waals surface area contributed by atoms with E-state index in [1.54, 1.807) is 6.92 Å². The van der Waals surface area contributed by atoms with Crippen molar-refractivity contribution in [1.82, 2.24) is 4.90 Å². The van der Waals surface area contributed by atoms with Crippen molar-refractivity contribution in [3.05, 3.63) is 60.2 Å². The number of benzene rings is 2. The standard InChI is InChI=1S/C21H24ClNO/c1-16(22)21(24)23-13-11-18(12-14-23)15-17-7-9-20(10-8-17)19-5-3-2-4-6-19/h2-10,16,18H,11-15H2,1H3/t16-/m0/s1. The Labute approximate surface area is 149 Å². The van der Waals surface area contributed by atoms with Gasteiger partial charge in [0.05, 0.1) is 0 Å². The van der Waals surface area contributed by atoms with Crippen LogP contribution in [0.25, 0.3) is 11.1 Å². The minimum Gasteiger partial charge on any atom is -0.341 e. The van der Waals surface area contributed by atoms with Crippen LogP contribution in [0.5, 0.6) is 0 Å². The summed E-state index contributed by atoms with van der Waals surface area (Å²) in [7, 11) is 0. The molecule has 1 saturated heterocycles. The molecule has 0 saturated carbocycles. The third-order valence-electron chi connectivity index (χ3n) is 4.85. The van der Waals surface area contributed by atoms with Gasteiger partial charge in [0.1, 0.15) is 5.38 Å². The maximum atomic E-state index is 11.9. The first-order chi connectivity index (χ1) is 11.6. The van der Waals surface area contributed by atoms with Crippen LogP contribution in [-0.2, 0) is 11.2 Å². The fourth-order valence-corrected chi connectivity index (χ4v) is 3.54. The molecular weight excluding hydrogens is 318 g/mol. The Kier molecular flexibility index (Phi) is 5.57. The van der Waals surface area contributed by atoms with Gasteiger partial charge in [-0.1, -0.05) is 54.6 Å². The van der Waals surface area contributed by atoms with Crippen LogP contribution < -0.4 is 0 Å². The quantitative estimate of drug-likeness (QED) is 0.734. The summed E-state index contributed by atoms with van der Waals surface area (Å²) in [6.45, 7) is 3.43. The molecule has 1 amide bonds. The van der Waals surface area contributed by atoms with Crippen molar-refractivity contribution in [1.29, 1.82) is 0 Å². The lowest BCUT2D eigenvalue weighted by Gasteiger charge is -2.32. The van der Waals surface area contributed by atoms with Gasteiger partial charge in [-0.15, -0.1) is 11.6 Å². The molecule has 1 fully saturated rings.